The quantitative estimate of drug-likeness (QED) is 0.101. The largest absolute Gasteiger partial charge is 0.309 e. The Kier molecular flexibility index (Phi) is 9.88. The third kappa shape index (κ3) is 6.70. The molecule has 13 rings (SSSR count). The molecule has 3 heteroatoms. The average molecular weight is 895 g/mol. The number of para-hydroxylation sites is 1. The summed E-state index contributed by atoms with van der Waals surface area (Å²) in [6, 6.07) is 103. The number of hydrogen-bond acceptors (Lipinski definition) is 0. The van der Waals surface area contributed by atoms with E-state index in [0.29, 0.717) is 0 Å². The van der Waals surface area contributed by atoms with Crippen LogP contribution in [-0.4, -0.2) is 17.2 Å². The van der Waals surface area contributed by atoms with E-state index in [1.54, 1.807) is 0 Å². The molecule has 2 heterocycles. The molecule has 2 aromatic heterocycles. The van der Waals surface area contributed by atoms with Crippen molar-refractivity contribution in [1.29, 1.82) is 0 Å². The molecule has 11 aromatic carbocycles. The Bertz CT molecular complexity index is 3890. The van der Waals surface area contributed by atoms with E-state index in [4.69, 9.17) is 0 Å². The first-order valence-electron chi connectivity index (χ1n) is 23.8. The molecule has 0 atom stereocenters. The Morgan fingerprint density at radius 3 is 1.36 bits per heavy atom. The molecule has 0 radical (unpaired) electrons. The summed E-state index contributed by atoms with van der Waals surface area (Å²) in [5.41, 5.74) is 14.2. The van der Waals surface area contributed by atoms with Crippen molar-refractivity contribution in [2.75, 3.05) is 0 Å². The van der Waals surface area contributed by atoms with E-state index in [1.165, 1.54) is 92.2 Å². The lowest BCUT2D eigenvalue weighted by atomic mass is 9.99. The van der Waals surface area contributed by atoms with Crippen molar-refractivity contribution in [2.45, 2.75) is 0 Å². The van der Waals surface area contributed by atoms with E-state index in [9.17, 15) is 0 Å². The van der Waals surface area contributed by atoms with Crippen molar-refractivity contribution < 1.29 is 0 Å². The fourth-order valence-corrected chi connectivity index (χ4v) is 16.0. The number of nitrogens with zero attached hydrogens (tertiary/aromatic N) is 2. The molecule has 0 aliphatic carbocycles. The van der Waals surface area contributed by atoms with Crippen LogP contribution in [-0.2, 0) is 0 Å². The lowest BCUT2D eigenvalue weighted by molar-refractivity contribution is 1.17. The Morgan fingerprint density at radius 2 is 0.696 bits per heavy atom. The first-order valence-corrected chi connectivity index (χ1v) is 25.8. The van der Waals surface area contributed by atoms with Crippen molar-refractivity contribution in [2.24, 2.45) is 0 Å². The van der Waals surface area contributed by atoms with Crippen LogP contribution >= 0.6 is 0 Å². The first-order chi connectivity index (χ1) is 34.2. The lowest BCUT2D eigenvalue weighted by Gasteiger charge is -2.34. The van der Waals surface area contributed by atoms with Crippen molar-refractivity contribution in [3.8, 4) is 44.8 Å². The van der Waals surface area contributed by atoms with Crippen molar-refractivity contribution >= 4 is 72.4 Å². The Hall–Kier alpha value is -8.76. The van der Waals surface area contributed by atoms with Crippen molar-refractivity contribution in [1.82, 2.24) is 9.13 Å². The van der Waals surface area contributed by atoms with Gasteiger partial charge in [-0.1, -0.05) is 224 Å². The highest BCUT2D eigenvalue weighted by Crippen LogP contribution is 2.41. The van der Waals surface area contributed by atoms with E-state index in [0.717, 1.165) is 16.9 Å². The molecule has 0 aliphatic heterocycles. The van der Waals surface area contributed by atoms with Crippen LogP contribution in [0.4, 0.5) is 0 Å². The predicted molar refractivity (Wildman–Crippen MR) is 295 cm³/mol. The maximum atomic E-state index is 2.52. The van der Waals surface area contributed by atoms with Crippen LogP contribution in [0.3, 0.4) is 0 Å². The number of benzene rings is 11. The second-order valence-corrected chi connectivity index (χ2v) is 21.8. The van der Waals surface area contributed by atoms with E-state index in [1.807, 2.05) is 0 Å². The molecule has 0 spiro atoms. The average Bonchev–Trinajstić information content (AvgIpc) is 3.95. The van der Waals surface area contributed by atoms with Crippen molar-refractivity contribution in [3.63, 3.8) is 0 Å². The third-order valence-corrected chi connectivity index (χ3v) is 19.0. The molecule has 0 unspecified atom stereocenters. The molecule has 2 nitrogen and oxygen atoms in total. The molecule has 0 N–H and O–H groups in total. The van der Waals surface area contributed by atoms with E-state index < -0.39 is 8.07 Å². The zero-order valence-electron chi connectivity index (χ0n) is 38.0. The van der Waals surface area contributed by atoms with Crippen LogP contribution in [0, 0.1) is 0 Å². The summed E-state index contributed by atoms with van der Waals surface area (Å²) in [4.78, 5) is 0. The van der Waals surface area contributed by atoms with Gasteiger partial charge in [0.25, 0.3) is 0 Å². The topological polar surface area (TPSA) is 9.86 Å². The number of aromatic nitrogens is 2. The summed E-state index contributed by atoms with van der Waals surface area (Å²) < 4.78 is 4.98. The van der Waals surface area contributed by atoms with Gasteiger partial charge >= 0.3 is 0 Å². The van der Waals surface area contributed by atoms with Gasteiger partial charge in [0, 0.05) is 32.9 Å². The monoisotopic (exact) mass is 894 g/mol. The zero-order valence-corrected chi connectivity index (χ0v) is 39.0. The van der Waals surface area contributed by atoms with E-state index >= 15 is 0 Å². The van der Waals surface area contributed by atoms with Gasteiger partial charge in [-0.25, -0.2) is 0 Å². The van der Waals surface area contributed by atoms with Gasteiger partial charge in [0.2, 0.25) is 0 Å². The van der Waals surface area contributed by atoms with E-state index in [2.05, 4.69) is 288 Å². The van der Waals surface area contributed by atoms with Crippen LogP contribution in [0.5, 0.6) is 0 Å². The number of rotatable bonds is 9. The Morgan fingerprint density at radius 1 is 0.232 bits per heavy atom. The molecule has 13 aromatic rings. The van der Waals surface area contributed by atoms with Gasteiger partial charge in [0.05, 0.1) is 22.1 Å². The minimum Gasteiger partial charge on any atom is -0.309 e. The molecule has 0 saturated heterocycles. The van der Waals surface area contributed by atoms with Crippen LogP contribution in [0.1, 0.15) is 0 Å². The number of hydrogen-bond donors (Lipinski definition) is 0. The summed E-state index contributed by atoms with van der Waals surface area (Å²) in [6.45, 7) is 0. The maximum absolute atomic E-state index is 2.82. The molecular weight excluding hydrogens is 849 g/mol. The molecular formula is C66H46N2Si. The van der Waals surface area contributed by atoms with Crippen LogP contribution < -0.4 is 20.7 Å². The van der Waals surface area contributed by atoms with Gasteiger partial charge in [0.15, 0.2) is 8.07 Å². The van der Waals surface area contributed by atoms with Gasteiger partial charge in [-0.3, -0.25) is 0 Å². The predicted octanol–water partition coefficient (Wildman–Crippen LogP) is 14.3. The third-order valence-electron chi connectivity index (χ3n) is 14.3. The normalized spacial score (nSPS) is 11.8. The smallest absolute Gasteiger partial charge is 0.179 e. The van der Waals surface area contributed by atoms with E-state index in [-0.39, 0.29) is 0 Å². The minimum absolute atomic E-state index is 1.13. The molecule has 324 valence electrons. The summed E-state index contributed by atoms with van der Waals surface area (Å²) in [5, 5.41) is 10.4. The standard InChI is InChI=1S/C66H46N2Si/c1-6-21-47(22-7-1)49-25-18-26-50(43-49)51-27-19-28-52(44-51)67-63-42-39-53(45-61(63)66-58(36-20-38-64(66)67)48-23-8-2-9-24-48)68-62-37-17-16-35-59(62)60-41-40-57(46-65(60)68)69(54-29-10-3-11-30-54,55-31-12-4-13-32-55)56-33-14-5-15-34-56/h1-46H. The minimum atomic E-state index is -2.82. The summed E-state index contributed by atoms with van der Waals surface area (Å²) in [7, 11) is -2.82. The lowest BCUT2D eigenvalue weighted by Crippen LogP contribution is -2.74. The molecule has 0 fully saturated rings. The maximum Gasteiger partial charge on any atom is 0.179 e. The van der Waals surface area contributed by atoms with Crippen LogP contribution in [0.15, 0.2) is 279 Å². The zero-order chi connectivity index (χ0) is 45.7. The van der Waals surface area contributed by atoms with Crippen LogP contribution in [0.2, 0.25) is 0 Å². The van der Waals surface area contributed by atoms with Gasteiger partial charge in [-0.2, -0.15) is 0 Å². The molecule has 0 aliphatic rings. The van der Waals surface area contributed by atoms with Crippen molar-refractivity contribution in [3.05, 3.63) is 279 Å². The molecule has 0 amide bonds. The SMILES string of the molecule is c1ccc(-c2cccc(-c3cccc(-n4c5ccc(-n6c7ccccc7c7ccc([Si](c8ccccc8)(c8ccccc8)c8ccccc8)cc76)cc5c5c(-c6ccccc6)cccc54)c3)c2)cc1. The molecule has 0 saturated carbocycles. The van der Waals surface area contributed by atoms with Gasteiger partial charge in [0.1, 0.15) is 0 Å². The Labute approximate surface area is 403 Å². The van der Waals surface area contributed by atoms with Gasteiger partial charge in [-0.15, -0.1) is 0 Å². The fourth-order valence-electron chi connectivity index (χ4n) is 11.2. The molecule has 69 heavy (non-hydrogen) atoms. The van der Waals surface area contributed by atoms with Gasteiger partial charge in [-0.05, 0) is 109 Å². The fraction of sp³-hybridized carbons (Fsp3) is 0. The summed E-state index contributed by atoms with van der Waals surface area (Å²) >= 11 is 0. The second-order valence-electron chi connectivity index (χ2n) is 18.0. The number of fused-ring (bicyclic) bond motifs is 6. The van der Waals surface area contributed by atoms with Gasteiger partial charge < -0.3 is 9.13 Å². The van der Waals surface area contributed by atoms with Crippen LogP contribution in [0.25, 0.3) is 88.4 Å². The Balaban J connectivity index is 1.06. The molecule has 0 bridgehead atoms. The highest BCUT2D eigenvalue weighted by atomic mass is 28.3. The highest BCUT2D eigenvalue weighted by Gasteiger charge is 2.41. The highest BCUT2D eigenvalue weighted by molar-refractivity contribution is 7.20. The first kappa shape index (κ1) is 40.5. The summed E-state index contributed by atoms with van der Waals surface area (Å²) in [5.74, 6) is 0. The second kappa shape index (κ2) is 16.8. The summed E-state index contributed by atoms with van der Waals surface area (Å²) in [6.07, 6.45) is 0.